The normalized spacial score (nSPS) is 33.2. The first-order valence-electron chi connectivity index (χ1n) is 3.62. The van der Waals surface area contributed by atoms with Gasteiger partial charge in [0.05, 0.1) is 5.92 Å². The van der Waals surface area contributed by atoms with Crippen LogP contribution in [0.5, 0.6) is 0 Å². The summed E-state index contributed by atoms with van der Waals surface area (Å²) in [7, 11) is -1.87. The second-order valence-corrected chi connectivity index (χ2v) is 3.78. The molecule has 0 aromatic heterocycles. The maximum absolute atomic E-state index is 12.1. The van der Waals surface area contributed by atoms with Gasteiger partial charge in [-0.05, 0) is 5.41 Å². The summed E-state index contributed by atoms with van der Waals surface area (Å²) in [5.41, 5.74) is -1.04. The molecule has 0 aromatic carbocycles. The first-order chi connectivity index (χ1) is 5.19. The highest BCUT2D eigenvalue weighted by atomic mass is 19.4. The van der Waals surface area contributed by atoms with Gasteiger partial charge in [0.2, 0.25) is 0 Å². The van der Waals surface area contributed by atoms with Crippen molar-refractivity contribution in [2.45, 2.75) is 25.8 Å². The SMILES string of the molecule is CC1(C)[C@@H](C(F)(F)F)[C@@H]1B(O)O. The Morgan fingerprint density at radius 2 is 1.67 bits per heavy atom. The zero-order chi connectivity index (χ0) is 9.73. The van der Waals surface area contributed by atoms with Crippen LogP contribution in [0.4, 0.5) is 13.2 Å². The highest BCUT2D eigenvalue weighted by Crippen LogP contribution is 2.69. The van der Waals surface area contributed by atoms with Crippen LogP contribution in [0.2, 0.25) is 5.82 Å². The Morgan fingerprint density at radius 1 is 1.25 bits per heavy atom. The lowest BCUT2D eigenvalue weighted by Crippen LogP contribution is -2.18. The Hall–Kier alpha value is -0.225. The molecule has 2 N–H and O–H groups in total. The van der Waals surface area contributed by atoms with Gasteiger partial charge < -0.3 is 10.0 Å². The minimum absolute atomic E-state index is 1.04. The van der Waals surface area contributed by atoms with Crippen molar-refractivity contribution < 1.29 is 23.2 Å². The van der Waals surface area contributed by atoms with Gasteiger partial charge in [0.15, 0.2) is 0 Å². The summed E-state index contributed by atoms with van der Waals surface area (Å²) in [6.45, 7) is 2.77. The van der Waals surface area contributed by atoms with Gasteiger partial charge in [-0.3, -0.25) is 0 Å². The minimum atomic E-state index is -4.32. The van der Waals surface area contributed by atoms with Crippen LogP contribution in [0, 0.1) is 11.3 Å². The summed E-state index contributed by atoms with van der Waals surface area (Å²) in [4.78, 5) is 0. The predicted molar refractivity (Wildman–Crippen MR) is 37.3 cm³/mol. The molecule has 1 fully saturated rings. The van der Waals surface area contributed by atoms with Crippen LogP contribution in [-0.4, -0.2) is 23.3 Å². The molecular formula is C6H10BF3O2. The molecule has 0 heterocycles. The van der Waals surface area contributed by atoms with E-state index in [4.69, 9.17) is 10.0 Å². The molecule has 0 aliphatic heterocycles. The van der Waals surface area contributed by atoms with Gasteiger partial charge in [-0.25, -0.2) is 0 Å². The molecule has 0 aromatic rings. The molecule has 1 aliphatic carbocycles. The maximum Gasteiger partial charge on any atom is 0.455 e. The molecule has 0 radical (unpaired) electrons. The average molecular weight is 182 g/mol. The van der Waals surface area contributed by atoms with E-state index in [1.807, 2.05) is 0 Å². The molecule has 0 unspecified atom stereocenters. The van der Waals surface area contributed by atoms with E-state index in [0.29, 0.717) is 0 Å². The van der Waals surface area contributed by atoms with Crippen LogP contribution in [0.3, 0.4) is 0 Å². The van der Waals surface area contributed by atoms with Crippen LogP contribution in [-0.2, 0) is 0 Å². The third-order valence-corrected chi connectivity index (χ3v) is 2.58. The van der Waals surface area contributed by atoms with Crippen molar-refractivity contribution in [2.24, 2.45) is 11.3 Å². The molecule has 0 bridgehead atoms. The van der Waals surface area contributed by atoms with Gasteiger partial charge in [-0.1, -0.05) is 13.8 Å². The zero-order valence-corrected chi connectivity index (χ0v) is 6.76. The second-order valence-electron chi connectivity index (χ2n) is 3.78. The van der Waals surface area contributed by atoms with Crippen LogP contribution in [0.25, 0.3) is 0 Å². The van der Waals surface area contributed by atoms with Crippen LogP contribution >= 0.6 is 0 Å². The standard InChI is InChI=1S/C6H10BF3O2/c1-5(2)3(6(8,9)10)4(5)7(11)12/h3-4,11-12H,1-2H3/t3-,4-/m0/s1. The van der Waals surface area contributed by atoms with E-state index in [2.05, 4.69) is 0 Å². The molecule has 70 valence electrons. The van der Waals surface area contributed by atoms with E-state index in [0.717, 1.165) is 0 Å². The molecule has 1 aliphatic rings. The summed E-state index contributed by atoms with van der Waals surface area (Å²) < 4.78 is 36.4. The fourth-order valence-corrected chi connectivity index (χ4v) is 1.86. The van der Waals surface area contributed by atoms with Gasteiger partial charge in [0.25, 0.3) is 0 Å². The zero-order valence-electron chi connectivity index (χ0n) is 6.76. The fourth-order valence-electron chi connectivity index (χ4n) is 1.86. The smallest absolute Gasteiger partial charge is 0.427 e. The van der Waals surface area contributed by atoms with Crippen molar-refractivity contribution in [1.29, 1.82) is 0 Å². The van der Waals surface area contributed by atoms with Crippen molar-refractivity contribution in [3.8, 4) is 0 Å². The molecule has 2 nitrogen and oxygen atoms in total. The lowest BCUT2D eigenvalue weighted by atomic mass is 9.78. The molecule has 0 spiro atoms. The summed E-state index contributed by atoms with van der Waals surface area (Å²) in [5.74, 6) is -2.65. The lowest BCUT2D eigenvalue weighted by molar-refractivity contribution is -0.155. The topological polar surface area (TPSA) is 40.5 Å². The molecule has 6 heteroatoms. The monoisotopic (exact) mass is 182 g/mol. The second kappa shape index (κ2) is 2.39. The summed E-state index contributed by atoms with van der Waals surface area (Å²) in [5, 5.41) is 17.2. The molecule has 12 heavy (non-hydrogen) atoms. The van der Waals surface area contributed by atoms with Crippen molar-refractivity contribution in [3.05, 3.63) is 0 Å². The van der Waals surface area contributed by atoms with Gasteiger partial charge >= 0.3 is 13.3 Å². The third kappa shape index (κ3) is 1.33. The van der Waals surface area contributed by atoms with E-state index in [1.54, 1.807) is 0 Å². The molecule has 0 amide bonds. The van der Waals surface area contributed by atoms with E-state index in [9.17, 15) is 13.2 Å². The number of alkyl halides is 3. The van der Waals surface area contributed by atoms with Gasteiger partial charge in [0.1, 0.15) is 0 Å². The van der Waals surface area contributed by atoms with Gasteiger partial charge in [0, 0.05) is 5.82 Å². The van der Waals surface area contributed by atoms with Crippen molar-refractivity contribution in [2.75, 3.05) is 0 Å². The number of hydrogen-bond donors (Lipinski definition) is 2. The number of hydrogen-bond acceptors (Lipinski definition) is 2. The predicted octanol–water partition coefficient (Wildman–Crippen LogP) is 1.05. The summed E-state index contributed by atoms with van der Waals surface area (Å²) in [6.07, 6.45) is -4.32. The van der Waals surface area contributed by atoms with Crippen LogP contribution in [0.1, 0.15) is 13.8 Å². The third-order valence-electron chi connectivity index (χ3n) is 2.58. The first-order valence-corrected chi connectivity index (χ1v) is 3.62. The van der Waals surface area contributed by atoms with Crippen molar-refractivity contribution in [3.63, 3.8) is 0 Å². The average Bonchev–Trinajstić information content (AvgIpc) is 2.31. The molecule has 1 saturated carbocycles. The van der Waals surface area contributed by atoms with E-state index < -0.39 is 30.4 Å². The Labute approximate surface area is 68.5 Å². The molecule has 1 rings (SSSR count). The quantitative estimate of drug-likeness (QED) is 0.595. The van der Waals surface area contributed by atoms with Crippen molar-refractivity contribution >= 4 is 7.12 Å². The van der Waals surface area contributed by atoms with E-state index >= 15 is 0 Å². The Morgan fingerprint density at radius 3 is 1.75 bits per heavy atom. The number of rotatable bonds is 1. The first kappa shape index (κ1) is 9.86. The molecule has 2 atom stereocenters. The van der Waals surface area contributed by atoms with Gasteiger partial charge in [-0.2, -0.15) is 13.2 Å². The van der Waals surface area contributed by atoms with Crippen LogP contribution < -0.4 is 0 Å². The Balaban J connectivity index is 2.73. The van der Waals surface area contributed by atoms with E-state index in [1.165, 1.54) is 13.8 Å². The van der Waals surface area contributed by atoms with Gasteiger partial charge in [-0.15, -0.1) is 0 Å². The maximum atomic E-state index is 12.1. The fraction of sp³-hybridized carbons (Fsp3) is 1.00. The molecule has 0 saturated heterocycles. The highest BCUT2D eigenvalue weighted by Gasteiger charge is 2.73. The minimum Gasteiger partial charge on any atom is -0.427 e. The van der Waals surface area contributed by atoms with E-state index in [-0.39, 0.29) is 0 Å². The molecular weight excluding hydrogens is 172 g/mol. The lowest BCUT2D eigenvalue weighted by Gasteiger charge is -2.06. The summed E-state index contributed by atoms with van der Waals surface area (Å²) >= 11 is 0. The summed E-state index contributed by atoms with van der Waals surface area (Å²) in [6, 6.07) is 0. The highest BCUT2D eigenvalue weighted by molar-refractivity contribution is 6.45. The Bertz CT molecular complexity index is 190. The largest absolute Gasteiger partial charge is 0.455 e. The van der Waals surface area contributed by atoms with Crippen LogP contribution in [0.15, 0.2) is 0 Å². The van der Waals surface area contributed by atoms with Crippen molar-refractivity contribution in [1.82, 2.24) is 0 Å². The number of halogens is 3. The Kier molecular flexibility index (Phi) is 1.96.